The number of nitrogens with one attached hydrogen (secondary N) is 1. The Labute approximate surface area is 101 Å². The van der Waals surface area contributed by atoms with Crippen molar-refractivity contribution in [1.29, 1.82) is 0 Å². The minimum Gasteiger partial charge on any atom is -0.383 e. The van der Waals surface area contributed by atoms with Crippen molar-refractivity contribution in [2.24, 2.45) is 0 Å². The van der Waals surface area contributed by atoms with Gasteiger partial charge in [0.05, 0.1) is 6.61 Å². The first-order chi connectivity index (χ1) is 7.15. The zero-order valence-electron chi connectivity index (χ0n) is 8.89. The monoisotopic (exact) mass is 247 g/mol. The molecule has 0 heterocycles. The van der Waals surface area contributed by atoms with E-state index < -0.39 is 0 Å². The van der Waals surface area contributed by atoms with Crippen LogP contribution in [0.5, 0.6) is 0 Å². The summed E-state index contributed by atoms with van der Waals surface area (Å²) in [6.07, 6.45) is 0. The molecule has 0 aliphatic heterocycles. The van der Waals surface area contributed by atoms with Crippen molar-refractivity contribution in [2.45, 2.75) is 13.0 Å². The third-order valence-corrected chi connectivity index (χ3v) is 2.75. The summed E-state index contributed by atoms with van der Waals surface area (Å²) in [6.45, 7) is 3.55. The van der Waals surface area contributed by atoms with E-state index in [-0.39, 0.29) is 6.04 Å². The van der Waals surface area contributed by atoms with Crippen LogP contribution < -0.4 is 5.32 Å². The maximum Gasteiger partial charge on any atom is 0.0587 e. The van der Waals surface area contributed by atoms with Gasteiger partial charge in [-0.25, -0.2) is 0 Å². The van der Waals surface area contributed by atoms with Gasteiger partial charge in [-0.2, -0.15) is 0 Å². The zero-order chi connectivity index (χ0) is 11.3. The van der Waals surface area contributed by atoms with Crippen LogP contribution >= 0.6 is 23.2 Å². The van der Waals surface area contributed by atoms with Crippen LogP contribution in [0.4, 0.5) is 0 Å². The van der Waals surface area contributed by atoms with Gasteiger partial charge in [0.2, 0.25) is 0 Å². The molecule has 1 atom stereocenters. The Kier molecular flexibility index (Phi) is 5.40. The van der Waals surface area contributed by atoms with E-state index in [9.17, 15) is 0 Å². The first kappa shape index (κ1) is 12.8. The van der Waals surface area contributed by atoms with Crippen molar-refractivity contribution in [1.82, 2.24) is 5.32 Å². The highest BCUT2D eigenvalue weighted by molar-refractivity contribution is 6.35. The third-order valence-electron chi connectivity index (χ3n) is 2.19. The summed E-state index contributed by atoms with van der Waals surface area (Å²) in [6, 6.07) is 5.74. The summed E-state index contributed by atoms with van der Waals surface area (Å²) >= 11 is 11.9. The summed E-state index contributed by atoms with van der Waals surface area (Å²) in [7, 11) is 1.68. The first-order valence-electron chi connectivity index (χ1n) is 4.82. The van der Waals surface area contributed by atoms with Crippen LogP contribution in [-0.4, -0.2) is 20.3 Å². The van der Waals surface area contributed by atoms with E-state index in [1.54, 1.807) is 13.2 Å². The molecule has 1 N–H and O–H groups in total. The van der Waals surface area contributed by atoms with Crippen molar-refractivity contribution >= 4 is 23.2 Å². The van der Waals surface area contributed by atoms with Crippen LogP contribution in [-0.2, 0) is 4.74 Å². The Morgan fingerprint density at radius 3 is 2.73 bits per heavy atom. The number of halogens is 2. The van der Waals surface area contributed by atoms with E-state index in [1.807, 2.05) is 12.1 Å². The molecule has 0 spiro atoms. The number of benzene rings is 1. The van der Waals surface area contributed by atoms with E-state index in [1.165, 1.54) is 0 Å². The van der Waals surface area contributed by atoms with Gasteiger partial charge < -0.3 is 10.1 Å². The Morgan fingerprint density at radius 2 is 2.13 bits per heavy atom. The fourth-order valence-corrected chi connectivity index (χ4v) is 1.91. The Balaban J connectivity index is 2.61. The van der Waals surface area contributed by atoms with Gasteiger partial charge in [0.15, 0.2) is 0 Å². The van der Waals surface area contributed by atoms with Crippen LogP contribution in [0.1, 0.15) is 18.5 Å². The molecule has 1 aromatic rings. The maximum absolute atomic E-state index is 6.08. The highest BCUT2D eigenvalue weighted by Crippen LogP contribution is 2.25. The van der Waals surface area contributed by atoms with Gasteiger partial charge in [0, 0.05) is 29.7 Å². The number of rotatable bonds is 5. The molecule has 2 nitrogen and oxygen atoms in total. The normalized spacial score (nSPS) is 12.8. The third kappa shape index (κ3) is 3.99. The van der Waals surface area contributed by atoms with Crippen molar-refractivity contribution in [3.8, 4) is 0 Å². The molecule has 0 radical (unpaired) electrons. The molecule has 1 rings (SSSR count). The molecular formula is C11H15Cl2NO. The molecular weight excluding hydrogens is 233 g/mol. The molecule has 0 fully saturated rings. The minimum atomic E-state index is 0.199. The molecule has 0 bridgehead atoms. The molecule has 4 heteroatoms. The van der Waals surface area contributed by atoms with Crippen molar-refractivity contribution in [3.05, 3.63) is 33.8 Å². The molecule has 1 aromatic carbocycles. The smallest absolute Gasteiger partial charge is 0.0587 e. The average Bonchev–Trinajstić information content (AvgIpc) is 2.17. The van der Waals surface area contributed by atoms with E-state index in [0.717, 1.165) is 12.1 Å². The van der Waals surface area contributed by atoms with Gasteiger partial charge in [-0.1, -0.05) is 29.3 Å². The highest BCUT2D eigenvalue weighted by atomic mass is 35.5. The van der Waals surface area contributed by atoms with Crippen LogP contribution in [0.15, 0.2) is 18.2 Å². The van der Waals surface area contributed by atoms with E-state index in [4.69, 9.17) is 27.9 Å². The predicted molar refractivity (Wildman–Crippen MR) is 64.8 cm³/mol. The maximum atomic E-state index is 6.08. The Morgan fingerprint density at radius 1 is 1.40 bits per heavy atom. The van der Waals surface area contributed by atoms with E-state index in [2.05, 4.69) is 12.2 Å². The summed E-state index contributed by atoms with van der Waals surface area (Å²) < 4.78 is 4.96. The van der Waals surface area contributed by atoms with Crippen molar-refractivity contribution in [3.63, 3.8) is 0 Å². The van der Waals surface area contributed by atoms with Crippen LogP contribution in [0, 0.1) is 0 Å². The second kappa shape index (κ2) is 6.33. The zero-order valence-corrected chi connectivity index (χ0v) is 10.4. The molecule has 0 saturated carbocycles. The van der Waals surface area contributed by atoms with E-state index >= 15 is 0 Å². The Hall–Kier alpha value is -0.280. The molecule has 15 heavy (non-hydrogen) atoms. The lowest BCUT2D eigenvalue weighted by atomic mass is 10.1. The molecule has 0 saturated heterocycles. The molecule has 0 aliphatic carbocycles. The van der Waals surface area contributed by atoms with Gasteiger partial charge in [-0.3, -0.25) is 0 Å². The highest BCUT2D eigenvalue weighted by Gasteiger charge is 2.08. The van der Waals surface area contributed by atoms with Crippen LogP contribution in [0.25, 0.3) is 0 Å². The van der Waals surface area contributed by atoms with Gasteiger partial charge >= 0.3 is 0 Å². The molecule has 1 unspecified atom stereocenters. The lowest BCUT2D eigenvalue weighted by Gasteiger charge is -2.15. The first-order valence-corrected chi connectivity index (χ1v) is 5.58. The lowest BCUT2D eigenvalue weighted by molar-refractivity contribution is 0.196. The fraction of sp³-hybridized carbons (Fsp3) is 0.455. The largest absolute Gasteiger partial charge is 0.383 e. The summed E-state index contributed by atoms with van der Waals surface area (Å²) in [5.74, 6) is 0. The fourth-order valence-electron chi connectivity index (χ4n) is 1.34. The molecule has 84 valence electrons. The SMILES string of the molecule is COCCNC(C)c1ccc(Cl)cc1Cl. The van der Waals surface area contributed by atoms with Crippen LogP contribution in [0.3, 0.4) is 0 Å². The molecule has 0 amide bonds. The van der Waals surface area contributed by atoms with Gasteiger partial charge in [0.25, 0.3) is 0 Å². The van der Waals surface area contributed by atoms with Crippen molar-refractivity contribution in [2.75, 3.05) is 20.3 Å². The van der Waals surface area contributed by atoms with Crippen molar-refractivity contribution < 1.29 is 4.74 Å². The topological polar surface area (TPSA) is 21.3 Å². The second-order valence-corrected chi connectivity index (χ2v) is 4.18. The standard InChI is InChI=1S/C11H15Cl2NO/c1-8(14-5-6-15-2)10-4-3-9(12)7-11(10)13/h3-4,7-8,14H,5-6H2,1-2H3. The summed E-state index contributed by atoms with van der Waals surface area (Å²) in [5.41, 5.74) is 1.05. The number of ether oxygens (including phenoxy) is 1. The summed E-state index contributed by atoms with van der Waals surface area (Å²) in [5, 5.41) is 4.66. The number of hydrogen-bond acceptors (Lipinski definition) is 2. The van der Waals surface area contributed by atoms with Crippen LogP contribution in [0.2, 0.25) is 10.0 Å². The lowest BCUT2D eigenvalue weighted by Crippen LogP contribution is -2.23. The molecule has 0 aromatic heterocycles. The average molecular weight is 248 g/mol. The predicted octanol–water partition coefficient (Wildman–Crippen LogP) is 3.29. The quantitative estimate of drug-likeness (QED) is 0.807. The second-order valence-electron chi connectivity index (χ2n) is 3.33. The Bertz CT molecular complexity index is 317. The van der Waals surface area contributed by atoms with E-state index in [0.29, 0.717) is 16.7 Å². The minimum absolute atomic E-state index is 0.199. The number of hydrogen-bond donors (Lipinski definition) is 1. The summed E-state index contributed by atoms with van der Waals surface area (Å²) in [4.78, 5) is 0. The van der Waals surface area contributed by atoms with Gasteiger partial charge in [-0.05, 0) is 24.6 Å². The molecule has 0 aliphatic rings. The van der Waals surface area contributed by atoms with Gasteiger partial charge in [-0.15, -0.1) is 0 Å². The number of methoxy groups -OCH3 is 1. The van der Waals surface area contributed by atoms with Gasteiger partial charge in [0.1, 0.15) is 0 Å².